The maximum atomic E-state index is 12.5. The van der Waals surface area contributed by atoms with Crippen molar-refractivity contribution in [3.63, 3.8) is 0 Å². The van der Waals surface area contributed by atoms with Gasteiger partial charge in [0.05, 0.1) is 28.6 Å². The molecule has 0 aromatic carbocycles. The monoisotopic (exact) mass is 842 g/mol. The van der Waals surface area contributed by atoms with Crippen LogP contribution < -0.4 is 26.2 Å². The third kappa shape index (κ3) is 11.4. The number of halogens is 1. The van der Waals surface area contributed by atoms with Crippen molar-refractivity contribution in [1.82, 2.24) is 40.1 Å². The first-order valence-electron chi connectivity index (χ1n) is 18.1. The molecule has 1 amide bonds. The predicted molar refractivity (Wildman–Crippen MR) is 224 cm³/mol. The number of anilines is 2. The highest BCUT2D eigenvalue weighted by Crippen LogP contribution is 2.17. The lowest BCUT2D eigenvalue weighted by Gasteiger charge is -2.35. The van der Waals surface area contributed by atoms with Gasteiger partial charge in [-0.25, -0.2) is 19.9 Å². The third-order valence-electron chi connectivity index (χ3n) is 9.03. The van der Waals surface area contributed by atoms with E-state index in [4.69, 9.17) is 15.6 Å². The summed E-state index contributed by atoms with van der Waals surface area (Å²) >= 11 is 2.69. The minimum absolute atomic E-state index is 0. The number of carbonyl (C=O) groups excluding carboxylic acids is 1. The van der Waals surface area contributed by atoms with Gasteiger partial charge in [0.25, 0.3) is 11.1 Å². The van der Waals surface area contributed by atoms with E-state index in [9.17, 15) is 19.2 Å². The number of hydrogen-bond acceptors (Lipinski definition) is 15. The summed E-state index contributed by atoms with van der Waals surface area (Å²) in [6.07, 6.45) is 4.13. The molecule has 0 saturated carbocycles. The van der Waals surface area contributed by atoms with Gasteiger partial charge < -0.3 is 35.1 Å². The molecule has 58 heavy (non-hydrogen) atoms. The van der Waals surface area contributed by atoms with Gasteiger partial charge in [0.15, 0.2) is 0 Å². The second-order valence-electron chi connectivity index (χ2n) is 12.8. The number of nitriles is 2. The van der Waals surface area contributed by atoms with Crippen molar-refractivity contribution in [3.8, 4) is 12.1 Å². The topological polar surface area (TPSA) is 241 Å². The number of thiophene rings is 2. The second kappa shape index (κ2) is 20.8. The number of carbonyl (C=O) groups is 2. The van der Waals surface area contributed by atoms with Crippen LogP contribution in [0.2, 0.25) is 0 Å². The fraction of sp³-hybridized carbons (Fsp3) is 0.316. The van der Waals surface area contributed by atoms with E-state index < -0.39 is 5.97 Å². The molecule has 2 saturated heterocycles. The Bertz CT molecular complexity index is 2510. The van der Waals surface area contributed by atoms with Gasteiger partial charge in [-0.1, -0.05) is 0 Å². The van der Waals surface area contributed by atoms with E-state index in [2.05, 4.69) is 57.2 Å². The zero-order valence-corrected chi connectivity index (χ0v) is 33.5. The number of aromatic nitrogens is 6. The van der Waals surface area contributed by atoms with E-state index in [0.29, 0.717) is 82.2 Å². The van der Waals surface area contributed by atoms with Gasteiger partial charge in [-0.3, -0.25) is 19.2 Å². The standard InChI is InChI=1S/C19H18N6O2S.C10H12N4.C9H8N2O3S.ClH/c20-11-13-1-3-16(21-12-13)24-6-8-25(9-7-24)17(26)4-2-15-22-14-5-10-28-18(14)19(27)23-15;11-7-9-1-2-10(13-8-9)14-5-3-12-4-6-14;12-7(13)2-1-6-10-5-3-4-15-8(5)9(14)11-6;/h1,3,5,10,12H,2,4,6-9H2,(H,22,23,27);1-2,8,12H,3-6H2;3-4H,1-2H2,(H,12,13)(H,10,11,14);1H. The van der Waals surface area contributed by atoms with Crippen LogP contribution in [0.1, 0.15) is 35.6 Å². The minimum atomic E-state index is -0.900. The van der Waals surface area contributed by atoms with Crippen molar-refractivity contribution in [2.45, 2.75) is 25.7 Å². The van der Waals surface area contributed by atoms with Crippen molar-refractivity contribution in [2.24, 2.45) is 0 Å². The molecule has 8 rings (SSSR count). The van der Waals surface area contributed by atoms with Gasteiger partial charge in [0.1, 0.15) is 44.8 Å². The van der Waals surface area contributed by atoms with Crippen molar-refractivity contribution >= 4 is 79.0 Å². The zero-order valence-electron chi connectivity index (χ0n) is 31.1. The van der Waals surface area contributed by atoms with E-state index in [1.165, 1.54) is 22.7 Å². The predicted octanol–water partition coefficient (Wildman–Crippen LogP) is 3.32. The Balaban J connectivity index is 0.000000180. The smallest absolute Gasteiger partial charge is 0.303 e. The van der Waals surface area contributed by atoms with Gasteiger partial charge in [0, 0.05) is 84.0 Å². The number of carboxylic acids is 1. The molecule has 2 fully saturated rings. The molecule has 8 heterocycles. The Labute approximate surface area is 346 Å². The SMILES string of the molecule is Cl.N#Cc1ccc(N2CCN(C(=O)CCc3nc4ccsc4c(=O)[nH]3)CC2)nc1.N#Cc1ccc(N2CCNCC2)nc1.O=C(O)CCc1nc2ccsc2c(=O)[nH]1. The Morgan fingerprint density at radius 1 is 0.707 bits per heavy atom. The van der Waals surface area contributed by atoms with Crippen LogP contribution in [0.3, 0.4) is 0 Å². The molecule has 0 aliphatic carbocycles. The lowest BCUT2D eigenvalue weighted by molar-refractivity contribution is -0.137. The van der Waals surface area contributed by atoms with E-state index in [1.54, 1.807) is 29.9 Å². The second-order valence-corrected chi connectivity index (χ2v) is 14.7. The fourth-order valence-electron chi connectivity index (χ4n) is 6.05. The largest absolute Gasteiger partial charge is 0.481 e. The number of aliphatic carboxylic acids is 1. The zero-order chi connectivity index (χ0) is 40.1. The minimum Gasteiger partial charge on any atom is -0.481 e. The summed E-state index contributed by atoms with van der Waals surface area (Å²) in [5.74, 6) is 1.91. The van der Waals surface area contributed by atoms with E-state index in [0.717, 1.165) is 37.8 Å². The fourth-order valence-corrected chi connectivity index (χ4v) is 7.50. The quantitative estimate of drug-likeness (QED) is 0.172. The number of fused-ring (bicyclic) bond motifs is 2. The molecule has 0 radical (unpaired) electrons. The molecule has 2 aliphatic heterocycles. The highest BCUT2D eigenvalue weighted by Gasteiger charge is 2.22. The van der Waals surface area contributed by atoms with Gasteiger partial charge in [0.2, 0.25) is 5.91 Å². The first-order valence-corrected chi connectivity index (χ1v) is 19.8. The number of rotatable bonds is 8. The number of amides is 1. The first-order chi connectivity index (χ1) is 27.7. The van der Waals surface area contributed by atoms with Gasteiger partial charge in [-0.05, 0) is 47.2 Å². The Morgan fingerprint density at radius 2 is 1.19 bits per heavy atom. The summed E-state index contributed by atoms with van der Waals surface area (Å²) in [5.41, 5.74) is 2.11. The molecule has 0 bridgehead atoms. The number of piperazine rings is 2. The van der Waals surface area contributed by atoms with Crippen molar-refractivity contribution in [2.75, 3.05) is 62.2 Å². The average Bonchev–Trinajstić information content (AvgIpc) is 3.94. The number of hydrogen-bond donors (Lipinski definition) is 4. The summed E-state index contributed by atoms with van der Waals surface area (Å²) in [5, 5.41) is 32.9. The molecular formula is C38H39ClN12O5S2. The normalized spacial score (nSPS) is 13.6. The highest BCUT2D eigenvalue weighted by atomic mass is 35.5. The molecular weight excluding hydrogens is 804 g/mol. The lowest BCUT2D eigenvalue weighted by atomic mass is 10.2. The van der Waals surface area contributed by atoms with Crippen LogP contribution in [0.15, 0.2) is 69.1 Å². The molecule has 0 spiro atoms. The van der Waals surface area contributed by atoms with Crippen LogP contribution in [0.5, 0.6) is 0 Å². The van der Waals surface area contributed by atoms with Crippen LogP contribution in [0, 0.1) is 22.7 Å². The molecule has 20 heteroatoms. The van der Waals surface area contributed by atoms with Crippen LogP contribution in [0.4, 0.5) is 11.6 Å². The number of aromatic amines is 2. The molecule has 4 N–H and O–H groups in total. The van der Waals surface area contributed by atoms with Crippen molar-refractivity contribution < 1.29 is 14.7 Å². The number of pyridine rings is 2. The Hall–Kier alpha value is -6.25. The maximum Gasteiger partial charge on any atom is 0.303 e. The number of H-pyrrole nitrogens is 2. The van der Waals surface area contributed by atoms with Crippen molar-refractivity contribution in [3.05, 3.63) is 103 Å². The highest BCUT2D eigenvalue weighted by molar-refractivity contribution is 7.17. The summed E-state index contributed by atoms with van der Waals surface area (Å²) in [6, 6.07) is 15.0. The van der Waals surface area contributed by atoms with E-state index >= 15 is 0 Å². The maximum absolute atomic E-state index is 12.5. The Morgan fingerprint density at radius 3 is 1.64 bits per heavy atom. The van der Waals surface area contributed by atoms with Crippen molar-refractivity contribution in [1.29, 1.82) is 10.5 Å². The summed E-state index contributed by atoms with van der Waals surface area (Å²) in [6.45, 7) is 6.60. The number of carboxylic acid groups (broad SMARTS) is 1. The molecule has 300 valence electrons. The molecule has 0 atom stereocenters. The lowest BCUT2D eigenvalue weighted by Crippen LogP contribution is -2.49. The molecule has 2 aliphatic rings. The summed E-state index contributed by atoms with van der Waals surface area (Å²) < 4.78 is 1.19. The van der Waals surface area contributed by atoms with Gasteiger partial charge in [-0.2, -0.15) is 10.5 Å². The average molecular weight is 843 g/mol. The summed E-state index contributed by atoms with van der Waals surface area (Å²) in [4.78, 5) is 75.0. The van der Waals surface area contributed by atoms with Crippen LogP contribution in [0.25, 0.3) is 20.4 Å². The molecule has 6 aromatic rings. The number of nitrogens with zero attached hydrogens (tertiary/aromatic N) is 9. The molecule has 0 unspecified atom stereocenters. The summed E-state index contributed by atoms with van der Waals surface area (Å²) in [7, 11) is 0. The van der Waals surface area contributed by atoms with Gasteiger partial charge >= 0.3 is 5.97 Å². The van der Waals surface area contributed by atoms with E-state index in [-0.39, 0.29) is 42.3 Å². The molecule has 17 nitrogen and oxygen atoms in total. The van der Waals surface area contributed by atoms with Crippen LogP contribution in [-0.4, -0.2) is 104 Å². The van der Waals surface area contributed by atoms with E-state index in [1.807, 2.05) is 34.5 Å². The van der Waals surface area contributed by atoms with Crippen LogP contribution in [-0.2, 0) is 22.4 Å². The number of nitrogens with one attached hydrogen (secondary N) is 3. The van der Waals surface area contributed by atoms with Gasteiger partial charge in [-0.15, -0.1) is 35.1 Å². The first kappa shape index (κ1) is 42.9. The molecule has 6 aromatic heterocycles. The van der Waals surface area contributed by atoms with Crippen LogP contribution >= 0.6 is 35.1 Å². The Kier molecular flexibility index (Phi) is 15.4. The third-order valence-corrected chi connectivity index (χ3v) is 10.8. The number of aryl methyl sites for hydroxylation is 2.